The molecule has 8 heteroatoms. The molecule has 1 aromatic rings. The molecule has 0 bridgehead atoms. The van der Waals surface area contributed by atoms with Crippen LogP contribution in [-0.4, -0.2) is 28.5 Å². The molecule has 0 aliphatic carbocycles. The van der Waals surface area contributed by atoms with Crippen molar-refractivity contribution in [2.75, 3.05) is 6.54 Å². The number of carboxylic acid groups (broad SMARTS) is 1. The van der Waals surface area contributed by atoms with Crippen molar-refractivity contribution in [2.45, 2.75) is 20.3 Å². The summed E-state index contributed by atoms with van der Waals surface area (Å²) < 4.78 is 0. The number of nitrogens with zero attached hydrogens (tertiary/aromatic N) is 1. The molecule has 1 atom stereocenters. The van der Waals surface area contributed by atoms with E-state index in [1.807, 2.05) is 0 Å². The third kappa shape index (κ3) is 3.91. The summed E-state index contributed by atoms with van der Waals surface area (Å²) in [6.07, 6.45) is 0.337. The van der Waals surface area contributed by atoms with Crippen LogP contribution in [0.5, 0.6) is 0 Å². The van der Waals surface area contributed by atoms with Gasteiger partial charge in [0.1, 0.15) is 5.02 Å². The Morgan fingerprint density at radius 1 is 1.48 bits per heavy atom. The quantitative estimate of drug-likeness (QED) is 0.619. The maximum absolute atomic E-state index is 11.9. The number of rotatable bonds is 6. The third-order valence-corrected chi connectivity index (χ3v) is 3.66. The van der Waals surface area contributed by atoms with Crippen molar-refractivity contribution in [3.63, 3.8) is 0 Å². The van der Waals surface area contributed by atoms with Gasteiger partial charge in [-0.05, 0) is 25.5 Å². The molecular formula is C13H15ClN2O5. The van der Waals surface area contributed by atoms with Gasteiger partial charge in [0, 0.05) is 18.2 Å². The summed E-state index contributed by atoms with van der Waals surface area (Å²) in [6.45, 7) is 3.14. The molecule has 1 unspecified atom stereocenters. The van der Waals surface area contributed by atoms with Gasteiger partial charge in [-0.1, -0.05) is 18.5 Å². The lowest BCUT2D eigenvalue weighted by molar-refractivity contribution is -0.384. The number of carboxylic acids is 1. The summed E-state index contributed by atoms with van der Waals surface area (Å²) >= 11 is 5.66. The molecule has 0 saturated carbocycles. The monoisotopic (exact) mass is 314 g/mol. The summed E-state index contributed by atoms with van der Waals surface area (Å²) in [7, 11) is 0. The molecule has 21 heavy (non-hydrogen) atoms. The normalized spacial score (nSPS) is 13.3. The summed E-state index contributed by atoms with van der Waals surface area (Å²) in [5.74, 6) is -1.61. The highest BCUT2D eigenvalue weighted by molar-refractivity contribution is 6.32. The van der Waals surface area contributed by atoms with Gasteiger partial charge in [0.15, 0.2) is 0 Å². The van der Waals surface area contributed by atoms with Crippen molar-refractivity contribution in [1.29, 1.82) is 0 Å². The fraction of sp³-hybridized carbons (Fsp3) is 0.385. The first-order chi connectivity index (χ1) is 9.71. The maximum atomic E-state index is 11.9. The predicted molar refractivity (Wildman–Crippen MR) is 76.5 cm³/mol. The fourth-order valence-corrected chi connectivity index (χ4v) is 1.71. The van der Waals surface area contributed by atoms with E-state index in [1.54, 1.807) is 6.92 Å². The highest BCUT2D eigenvalue weighted by Crippen LogP contribution is 2.25. The maximum Gasteiger partial charge on any atom is 0.311 e. The van der Waals surface area contributed by atoms with Crippen molar-refractivity contribution >= 4 is 29.2 Å². The van der Waals surface area contributed by atoms with E-state index in [0.717, 1.165) is 6.07 Å². The van der Waals surface area contributed by atoms with E-state index in [1.165, 1.54) is 19.1 Å². The Kier molecular flexibility index (Phi) is 5.26. The molecule has 0 aliphatic rings. The molecule has 0 aromatic heterocycles. The van der Waals surface area contributed by atoms with E-state index in [9.17, 15) is 19.7 Å². The molecule has 0 radical (unpaired) electrons. The van der Waals surface area contributed by atoms with Gasteiger partial charge >= 0.3 is 5.97 Å². The second kappa shape index (κ2) is 6.53. The van der Waals surface area contributed by atoms with E-state index in [-0.39, 0.29) is 22.8 Å². The van der Waals surface area contributed by atoms with Crippen molar-refractivity contribution in [3.8, 4) is 0 Å². The molecule has 0 heterocycles. The summed E-state index contributed by atoms with van der Waals surface area (Å²) in [5, 5.41) is 22.3. The van der Waals surface area contributed by atoms with Gasteiger partial charge in [-0.15, -0.1) is 0 Å². The number of carbonyl (C=O) groups is 2. The van der Waals surface area contributed by atoms with E-state index >= 15 is 0 Å². The smallest absolute Gasteiger partial charge is 0.311 e. The summed E-state index contributed by atoms with van der Waals surface area (Å²) in [4.78, 5) is 33.2. The van der Waals surface area contributed by atoms with Crippen LogP contribution in [0.3, 0.4) is 0 Å². The van der Waals surface area contributed by atoms with Crippen LogP contribution in [0.1, 0.15) is 30.6 Å². The second-order valence-electron chi connectivity index (χ2n) is 4.83. The number of halogens is 1. The Bertz CT molecular complexity index is 590. The van der Waals surface area contributed by atoms with Crippen LogP contribution in [0.15, 0.2) is 18.2 Å². The number of hydrogen-bond acceptors (Lipinski definition) is 4. The van der Waals surface area contributed by atoms with Crippen molar-refractivity contribution in [3.05, 3.63) is 38.9 Å². The summed E-state index contributed by atoms with van der Waals surface area (Å²) in [6, 6.07) is 3.65. The molecule has 0 aliphatic heterocycles. The number of benzene rings is 1. The van der Waals surface area contributed by atoms with Crippen LogP contribution >= 0.6 is 11.6 Å². The van der Waals surface area contributed by atoms with Gasteiger partial charge in [0.2, 0.25) is 0 Å². The second-order valence-corrected chi connectivity index (χ2v) is 5.23. The molecule has 1 rings (SSSR count). The number of nitro groups is 1. The number of carbonyl (C=O) groups excluding carboxylic acids is 1. The molecule has 114 valence electrons. The fourth-order valence-electron chi connectivity index (χ4n) is 1.52. The molecule has 0 spiro atoms. The first kappa shape index (κ1) is 16.9. The molecule has 0 saturated heterocycles. The minimum Gasteiger partial charge on any atom is -0.481 e. The Labute approximate surface area is 126 Å². The molecule has 1 amide bonds. The van der Waals surface area contributed by atoms with Gasteiger partial charge < -0.3 is 10.4 Å². The van der Waals surface area contributed by atoms with E-state index in [2.05, 4.69) is 5.32 Å². The lowest BCUT2D eigenvalue weighted by Gasteiger charge is -2.23. The zero-order chi connectivity index (χ0) is 16.2. The number of aliphatic carboxylic acids is 1. The third-order valence-electron chi connectivity index (χ3n) is 3.34. The van der Waals surface area contributed by atoms with Crippen molar-refractivity contribution in [2.24, 2.45) is 5.41 Å². The molecule has 2 N–H and O–H groups in total. The number of nitro benzene ring substituents is 1. The number of hydrogen-bond donors (Lipinski definition) is 2. The first-order valence-electron chi connectivity index (χ1n) is 6.17. The number of amides is 1. The van der Waals surface area contributed by atoms with Crippen LogP contribution in [0, 0.1) is 15.5 Å². The van der Waals surface area contributed by atoms with E-state index in [0.29, 0.717) is 6.42 Å². The Morgan fingerprint density at radius 2 is 2.10 bits per heavy atom. The Balaban J connectivity index is 2.88. The number of nitrogens with one attached hydrogen (secondary N) is 1. The lowest BCUT2D eigenvalue weighted by Crippen LogP contribution is -2.40. The molecule has 0 fully saturated rings. The first-order valence-corrected chi connectivity index (χ1v) is 6.54. The van der Waals surface area contributed by atoms with Gasteiger partial charge in [-0.25, -0.2) is 0 Å². The van der Waals surface area contributed by atoms with Crippen LogP contribution in [-0.2, 0) is 4.79 Å². The molecule has 7 nitrogen and oxygen atoms in total. The van der Waals surface area contributed by atoms with Crippen LogP contribution < -0.4 is 5.32 Å². The predicted octanol–water partition coefficient (Wildman–Crippen LogP) is 2.48. The zero-order valence-corrected chi connectivity index (χ0v) is 12.3. The highest BCUT2D eigenvalue weighted by atomic mass is 35.5. The summed E-state index contributed by atoms with van der Waals surface area (Å²) in [5.41, 5.74) is -1.41. The largest absolute Gasteiger partial charge is 0.481 e. The van der Waals surface area contributed by atoms with Gasteiger partial charge in [-0.3, -0.25) is 19.7 Å². The van der Waals surface area contributed by atoms with Crippen LogP contribution in [0.4, 0.5) is 5.69 Å². The average molecular weight is 315 g/mol. The Morgan fingerprint density at radius 3 is 2.57 bits per heavy atom. The topological polar surface area (TPSA) is 110 Å². The van der Waals surface area contributed by atoms with Crippen LogP contribution in [0.25, 0.3) is 0 Å². The molecular weight excluding hydrogens is 300 g/mol. The van der Waals surface area contributed by atoms with Gasteiger partial charge in [0.05, 0.1) is 10.3 Å². The Hall–Kier alpha value is -2.15. The standard InChI is InChI=1S/C13H15ClN2O5/c1-3-13(2,12(18)19)7-15-11(17)8-4-5-9(14)10(6-8)16(20)21/h4-6H,3,7H2,1-2H3,(H,15,17)(H,18,19). The highest BCUT2D eigenvalue weighted by Gasteiger charge is 2.31. The van der Waals surface area contributed by atoms with Crippen molar-refractivity contribution < 1.29 is 19.6 Å². The lowest BCUT2D eigenvalue weighted by atomic mass is 9.87. The molecule has 1 aromatic carbocycles. The van der Waals surface area contributed by atoms with Crippen LogP contribution in [0.2, 0.25) is 5.02 Å². The SMILES string of the molecule is CCC(C)(CNC(=O)c1ccc(Cl)c([N+](=O)[O-])c1)C(=O)O. The van der Waals surface area contributed by atoms with Crippen molar-refractivity contribution in [1.82, 2.24) is 5.32 Å². The minimum absolute atomic E-state index is 0.0509. The zero-order valence-electron chi connectivity index (χ0n) is 11.6. The van der Waals surface area contributed by atoms with Gasteiger partial charge in [-0.2, -0.15) is 0 Å². The van der Waals surface area contributed by atoms with E-state index < -0.39 is 22.2 Å². The minimum atomic E-state index is -1.09. The van der Waals surface area contributed by atoms with Gasteiger partial charge in [0.25, 0.3) is 11.6 Å². The average Bonchev–Trinajstić information content (AvgIpc) is 2.44. The van der Waals surface area contributed by atoms with E-state index in [4.69, 9.17) is 16.7 Å².